The molecule has 0 radical (unpaired) electrons. The van der Waals surface area contributed by atoms with E-state index >= 15 is 0 Å². The summed E-state index contributed by atoms with van der Waals surface area (Å²) in [6.07, 6.45) is 1.32. The zero-order valence-corrected chi connectivity index (χ0v) is 23.8. The molecule has 2 amide bonds. The largest absolute Gasteiger partial charge is 0.486 e. The van der Waals surface area contributed by atoms with E-state index in [1.807, 2.05) is 68.4 Å². The molecule has 1 atom stereocenters. The van der Waals surface area contributed by atoms with Gasteiger partial charge in [0.05, 0.1) is 11.9 Å². The van der Waals surface area contributed by atoms with E-state index in [4.69, 9.17) is 9.47 Å². The van der Waals surface area contributed by atoms with Crippen LogP contribution in [-0.4, -0.2) is 63.7 Å². The van der Waals surface area contributed by atoms with Crippen LogP contribution in [0, 0.1) is 6.92 Å². The minimum absolute atomic E-state index is 0.133. The van der Waals surface area contributed by atoms with Gasteiger partial charge in [-0.3, -0.25) is 13.9 Å². The quantitative estimate of drug-likeness (QED) is 0.383. The summed E-state index contributed by atoms with van der Waals surface area (Å²) in [6.45, 7) is 4.54. The molecule has 0 saturated heterocycles. The molecule has 212 valence electrons. The Balaban J connectivity index is 1.72. The number of aryl methyl sites for hydroxylation is 1. The summed E-state index contributed by atoms with van der Waals surface area (Å²) in [4.78, 5) is 28.9. The molecule has 0 fully saturated rings. The van der Waals surface area contributed by atoms with Crippen molar-refractivity contribution in [2.24, 2.45) is 0 Å². The molecule has 1 N–H and O–H groups in total. The Morgan fingerprint density at radius 1 is 0.925 bits per heavy atom. The summed E-state index contributed by atoms with van der Waals surface area (Å²) in [5, 5.41) is 2.85. The zero-order valence-electron chi connectivity index (χ0n) is 23.0. The smallest absolute Gasteiger partial charge is 0.244 e. The molecule has 1 aliphatic heterocycles. The van der Waals surface area contributed by atoms with Gasteiger partial charge in [-0.05, 0) is 37.1 Å². The fraction of sp³-hybridized carbons (Fsp3) is 0.333. The number of nitrogens with zero attached hydrogens (tertiary/aromatic N) is 2. The van der Waals surface area contributed by atoms with Crippen molar-refractivity contribution in [3.05, 3.63) is 89.5 Å². The van der Waals surface area contributed by atoms with Gasteiger partial charge in [0.1, 0.15) is 25.8 Å². The van der Waals surface area contributed by atoms with Gasteiger partial charge in [-0.25, -0.2) is 8.42 Å². The van der Waals surface area contributed by atoms with Crippen molar-refractivity contribution in [1.29, 1.82) is 0 Å². The Bertz CT molecular complexity index is 1440. The Morgan fingerprint density at radius 3 is 2.30 bits per heavy atom. The predicted octanol–water partition coefficient (Wildman–Crippen LogP) is 3.31. The Kier molecular flexibility index (Phi) is 9.31. The number of ether oxygens (including phenoxy) is 2. The van der Waals surface area contributed by atoms with Crippen molar-refractivity contribution >= 4 is 27.5 Å². The summed E-state index contributed by atoms with van der Waals surface area (Å²) in [6, 6.07) is 21.0. The van der Waals surface area contributed by atoms with Crippen LogP contribution in [0.5, 0.6) is 11.5 Å². The number of nitrogens with one attached hydrogen (secondary N) is 1. The standard InChI is InChI=1S/C30H35N3O6S/c1-4-31-30(35)26(18-23-10-6-5-7-11-23)32(20-24-12-8-9-22(2)17-24)29(34)21-33(40(3,36)37)25-13-14-27-28(19-25)39-16-15-38-27/h5-14,17,19,26H,4,15-16,18,20-21H2,1-3H3,(H,31,35). The molecule has 0 bridgehead atoms. The maximum Gasteiger partial charge on any atom is 0.244 e. The molecule has 4 rings (SSSR count). The molecule has 0 spiro atoms. The lowest BCUT2D eigenvalue weighted by atomic mass is 10.0. The lowest BCUT2D eigenvalue weighted by Crippen LogP contribution is -2.53. The molecule has 1 aliphatic rings. The maximum atomic E-state index is 14.1. The van der Waals surface area contributed by atoms with Crippen molar-refractivity contribution in [2.75, 3.05) is 36.9 Å². The number of hydrogen-bond donors (Lipinski definition) is 1. The van der Waals surface area contributed by atoms with Crippen LogP contribution in [0.1, 0.15) is 23.6 Å². The maximum absolute atomic E-state index is 14.1. The first kappa shape index (κ1) is 28.9. The minimum atomic E-state index is -3.88. The molecule has 9 nitrogen and oxygen atoms in total. The minimum Gasteiger partial charge on any atom is -0.486 e. The summed E-state index contributed by atoms with van der Waals surface area (Å²) >= 11 is 0. The highest BCUT2D eigenvalue weighted by Gasteiger charge is 2.33. The van der Waals surface area contributed by atoms with Crippen LogP contribution in [-0.2, 0) is 32.6 Å². The van der Waals surface area contributed by atoms with E-state index in [1.165, 1.54) is 4.90 Å². The van der Waals surface area contributed by atoms with Crippen molar-refractivity contribution in [2.45, 2.75) is 32.9 Å². The van der Waals surface area contributed by atoms with Gasteiger partial charge in [0.15, 0.2) is 11.5 Å². The Labute approximate surface area is 235 Å². The number of anilines is 1. The van der Waals surface area contributed by atoms with Gasteiger partial charge in [0.25, 0.3) is 0 Å². The normalized spacial score (nSPS) is 13.3. The van der Waals surface area contributed by atoms with Crippen LogP contribution in [0.4, 0.5) is 5.69 Å². The number of carbonyl (C=O) groups is 2. The number of carbonyl (C=O) groups excluding carboxylic acids is 2. The number of likely N-dealkylation sites (N-methyl/N-ethyl adjacent to an activating group) is 1. The van der Waals surface area contributed by atoms with Gasteiger partial charge in [0, 0.05) is 25.6 Å². The van der Waals surface area contributed by atoms with E-state index < -0.39 is 28.5 Å². The van der Waals surface area contributed by atoms with E-state index in [0.717, 1.165) is 27.3 Å². The first-order valence-electron chi connectivity index (χ1n) is 13.2. The first-order chi connectivity index (χ1) is 19.2. The molecule has 1 heterocycles. The number of benzene rings is 3. The average molecular weight is 566 g/mol. The van der Waals surface area contributed by atoms with Gasteiger partial charge in [-0.2, -0.15) is 0 Å². The molecule has 3 aromatic carbocycles. The Morgan fingerprint density at radius 2 is 1.62 bits per heavy atom. The van der Waals surface area contributed by atoms with Crippen LogP contribution >= 0.6 is 0 Å². The molecule has 0 aromatic heterocycles. The van der Waals surface area contributed by atoms with Crippen LogP contribution in [0.2, 0.25) is 0 Å². The summed E-state index contributed by atoms with van der Waals surface area (Å²) in [5.41, 5.74) is 3.00. The SMILES string of the molecule is CCNC(=O)C(Cc1ccccc1)N(Cc1cccc(C)c1)C(=O)CN(c1ccc2c(c1)OCCO2)S(C)(=O)=O. The third-order valence-electron chi connectivity index (χ3n) is 6.55. The summed E-state index contributed by atoms with van der Waals surface area (Å²) in [7, 11) is -3.88. The molecular weight excluding hydrogens is 530 g/mol. The summed E-state index contributed by atoms with van der Waals surface area (Å²) < 4.78 is 38.2. The van der Waals surface area contributed by atoms with Crippen LogP contribution < -0.4 is 19.1 Å². The number of amides is 2. The molecule has 40 heavy (non-hydrogen) atoms. The topological polar surface area (TPSA) is 105 Å². The highest BCUT2D eigenvalue weighted by atomic mass is 32.2. The molecule has 1 unspecified atom stereocenters. The van der Waals surface area contributed by atoms with E-state index in [2.05, 4.69) is 5.32 Å². The monoisotopic (exact) mass is 565 g/mol. The van der Waals surface area contributed by atoms with E-state index in [1.54, 1.807) is 18.2 Å². The second-order valence-electron chi connectivity index (χ2n) is 9.71. The number of hydrogen-bond acceptors (Lipinski definition) is 6. The third-order valence-corrected chi connectivity index (χ3v) is 7.69. The van der Waals surface area contributed by atoms with Gasteiger partial charge in [-0.1, -0.05) is 60.2 Å². The lowest BCUT2D eigenvalue weighted by molar-refractivity contribution is -0.140. The first-order valence-corrected chi connectivity index (χ1v) is 15.0. The second kappa shape index (κ2) is 12.9. The average Bonchev–Trinajstić information content (AvgIpc) is 2.93. The van der Waals surface area contributed by atoms with E-state index in [0.29, 0.717) is 31.3 Å². The molecule has 0 aliphatic carbocycles. The molecule has 0 saturated carbocycles. The molecule has 3 aromatic rings. The number of sulfonamides is 1. The number of fused-ring (bicyclic) bond motifs is 1. The zero-order chi connectivity index (χ0) is 28.7. The van der Waals surface area contributed by atoms with Gasteiger partial charge in [0.2, 0.25) is 21.8 Å². The van der Waals surface area contributed by atoms with Crippen molar-refractivity contribution in [3.63, 3.8) is 0 Å². The third kappa shape index (κ3) is 7.32. The van der Waals surface area contributed by atoms with Crippen LogP contribution in [0.25, 0.3) is 0 Å². The highest BCUT2D eigenvalue weighted by Crippen LogP contribution is 2.34. The highest BCUT2D eigenvalue weighted by molar-refractivity contribution is 7.92. The lowest BCUT2D eigenvalue weighted by Gasteiger charge is -2.33. The second-order valence-corrected chi connectivity index (χ2v) is 11.6. The van der Waals surface area contributed by atoms with Gasteiger partial charge >= 0.3 is 0 Å². The van der Waals surface area contributed by atoms with Crippen LogP contribution in [0.3, 0.4) is 0 Å². The predicted molar refractivity (Wildman–Crippen MR) is 154 cm³/mol. The van der Waals surface area contributed by atoms with Gasteiger partial charge < -0.3 is 19.7 Å². The Hall–Kier alpha value is -4.05. The fourth-order valence-electron chi connectivity index (χ4n) is 4.65. The fourth-order valence-corrected chi connectivity index (χ4v) is 5.50. The number of rotatable bonds is 11. The molecular formula is C30H35N3O6S. The van der Waals surface area contributed by atoms with Crippen molar-refractivity contribution in [3.8, 4) is 11.5 Å². The van der Waals surface area contributed by atoms with E-state index in [9.17, 15) is 18.0 Å². The van der Waals surface area contributed by atoms with Gasteiger partial charge in [-0.15, -0.1) is 0 Å². The van der Waals surface area contributed by atoms with Crippen LogP contribution in [0.15, 0.2) is 72.8 Å². The van der Waals surface area contributed by atoms with Crippen molar-refractivity contribution < 1.29 is 27.5 Å². The summed E-state index contributed by atoms with van der Waals surface area (Å²) in [5.74, 6) is 0.104. The van der Waals surface area contributed by atoms with Crippen molar-refractivity contribution in [1.82, 2.24) is 10.2 Å². The molecule has 10 heteroatoms. The van der Waals surface area contributed by atoms with E-state index in [-0.39, 0.29) is 24.6 Å².